The Bertz CT molecular complexity index is 410. The second-order valence-corrected chi connectivity index (χ2v) is 4.26. The third-order valence-corrected chi connectivity index (χ3v) is 1.94. The summed E-state index contributed by atoms with van der Waals surface area (Å²) in [6, 6.07) is 1.19. The monoisotopic (exact) mass is 320 g/mol. The summed E-state index contributed by atoms with van der Waals surface area (Å²) in [4.78, 5) is 0. The smallest absolute Gasteiger partial charge is 0.392 e. The fraction of sp³-hybridized carbons (Fsp3) is 0.455. The van der Waals surface area contributed by atoms with E-state index in [1.807, 2.05) is 12.5 Å². The minimum absolute atomic E-state index is 0. The summed E-state index contributed by atoms with van der Waals surface area (Å²) in [6.07, 6.45) is -1.69. The van der Waals surface area contributed by atoms with E-state index in [0.29, 0.717) is 12.1 Å². The first-order chi connectivity index (χ1) is 8.61. The summed E-state index contributed by atoms with van der Waals surface area (Å²) >= 11 is 1.75. The summed E-state index contributed by atoms with van der Waals surface area (Å²) in [5, 5.41) is 8.52. The maximum absolute atomic E-state index is 12.9. The number of alkyl halides is 5. The van der Waals surface area contributed by atoms with E-state index in [-0.39, 0.29) is 20.0 Å². The number of thioether (sulfide) groups is 1. The molecule has 9 heteroatoms. The van der Waals surface area contributed by atoms with Gasteiger partial charge in [0.05, 0.1) is 15.0 Å². The van der Waals surface area contributed by atoms with Crippen LogP contribution >= 0.6 is 11.8 Å². The van der Waals surface area contributed by atoms with Crippen LogP contribution < -0.4 is 0 Å². The molecule has 0 heterocycles. The number of aliphatic hydroxyl groups excluding tert-OH is 1. The Morgan fingerprint density at radius 1 is 1.10 bits per heavy atom. The van der Waals surface area contributed by atoms with Crippen LogP contribution in [0.25, 0.3) is 0 Å². The molecule has 0 fully saturated rings. The topological polar surface area (TPSA) is 20.2 Å². The highest BCUT2D eigenvalue weighted by atomic mass is 32.2. The number of benzene rings is 1. The Labute approximate surface area is 118 Å². The van der Waals surface area contributed by atoms with Gasteiger partial charge in [-0.2, -0.15) is 33.7 Å². The average molecular weight is 320 g/mol. The quantitative estimate of drug-likeness (QED) is 0.668. The molecule has 0 aliphatic carbocycles. The molecule has 116 valence electrons. The fourth-order valence-corrected chi connectivity index (χ4v) is 1.03. The van der Waals surface area contributed by atoms with E-state index in [0.717, 1.165) is 0 Å². The molecule has 0 saturated carbocycles. The largest absolute Gasteiger partial charge is 0.458 e. The van der Waals surface area contributed by atoms with Gasteiger partial charge in [-0.1, -0.05) is 12.1 Å². The van der Waals surface area contributed by atoms with E-state index in [9.17, 15) is 26.3 Å². The second-order valence-electron chi connectivity index (χ2n) is 3.44. The van der Waals surface area contributed by atoms with Crippen LogP contribution in [0.3, 0.4) is 0 Å². The van der Waals surface area contributed by atoms with E-state index in [1.165, 1.54) is 0 Å². The zero-order valence-electron chi connectivity index (χ0n) is 10.1. The number of halogens is 6. The standard InChI is InChI=1S/C9H6F6O.C2H6S.BH3/c10-7-3-6(2-1-5(7)4-16)8(11,12)9(13,14)15;1-3-2;/h1-3,16H,4H2;1-2H3;1H3. The second kappa shape index (κ2) is 8.46. The SMILES string of the molecule is B.CSC.OCc1ccc(C(F)(F)C(F)(F)F)cc1F. The molecule has 0 unspecified atom stereocenters. The van der Waals surface area contributed by atoms with Crippen LogP contribution in [0, 0.1) is 5.82 Å². The normalized spacial score (nSPS) is 11.2. The van der Waals surface area contributed by atoms with Gasteiger partial charge in [-0.25, -0.2) is 4.39 Å². The van der Waals surface area contributed by atoms with Crippen LogP contribution in [0.1, 0.15) is 11.1 Å². The van der Waals surface area contributed by atoms with Gasteiger partial charge in [0.2, 0.25) is 0 Å². The molecule has 0 bridgehead atoms. The van der Waals surface area contributed by atoms with E-state index in [4.69, 9.17) is 5.11 Å². The van der Waals surface area contributed by atoms with Crippen molar-refractivity contribution in [2.75, 3.05) is 12.5 Å². The van der Waals surface area contributed by atoms with Gasteiger partial charge in [-0.3, -0.25) is 0 Å². The van der Waals surface area contributed by atoms with Crippen molar-refractivity contribution in [3.63, 3.8) is 0 Å². The fourth-order valence-electron chi connectivity index (χ4n) is 1.03. The van der Waals surface area contributed by atoms with Gasteiger partial charge in [0.15, 0.2) is 0 Å². The predicted octanol–water partition coefficient (Wildman–Crippen LogP) is 2.77. The molecule has 0 aliphatic heterocycles. The lowest BCUT2D eigenvalue weighted by Crippen LogP contribution is -2.33. The van der Waals surface area contributed by atoms with E-state index in [2.05, 4.69) is 0 Å². The van der Waals surface area contributed by atoms with E-state index < -0.39 is 30.1 Å². The lowest BCUT2D eigenvalue weighted by Gasteiger charge is -2.20. The Morgan fingerprint density at radius 3 is 1.85 bits per heavy atom. The molecule has 1 rings (SSSR count). The van der Waals surface area contributed by atoms with Crippen LogP contribution in [-0.4, -0.2) is 32.2 Å². The molecule has 0 radical (unpaired) electrons. The van der Waals surface area contributed by atoms with E-state index >= 15 is 0 Å². The highest BCUT2D eigenvalue weighted by molar-refractivity contribution is 7.97. The third kappa shape index (κ3) is 5.28. The lowest BCUT2D eigenvalue weighted by molar-refractivity contribution is -0.289. The zero-order chi connectivity index (χ0) is 15.3. The molecule has 1 aromatic carbocycles. The van der Waals surface area contributed by atoms with Crippen LogP contribution in [0.5, 0.6) is 0 Å². The summed E-state index contributed by atoms with van der Waals surface area (Å²) in [6.45, 7) is -0.774. The summed E-state index contributed by atoms with van der Waals surface area (Å²) in [5.74, 6) is -6.41. The third-order valence-electron chi connectivity index (χ3n) is 1.94. The van der Waals surface area contributed by atoms with Crippen molar-refractivity contribution in [3.05, 3.63) is 35.1 Å². The Morgan fingerprint density at radius 2 is 1.55 bits per heavy atom. The molecule has 0 saturated heterocycles. The zero-order valence-corrected chi connectivity index (χ0v) is 10.9. The van der Waals surface area contributed by atoms with Crippen LogP contribution in [-0.2, 0) is 12.5 Å². The maximum atomic E-state index is 12.9. The van der Waals surface area contributed by atoms with Gasteiger partial charge in [-0.15, -0.1) is 0 Å². The maximum Gasteiger partial charge on any atom is 0.458 e. The molecule has 0 atom stereocenters. The first-order valence-corrected chi connectivity index (χ1v) is 6.49. The van der Waals surface area contributed by atoms with Crippen LogP contribution in [0.4, 0.5) is 26.3 Å². The highest BCUT2D eigenvalue weighted by Gasteiger charge is 2.58. The minimum atomic E-state index is -5.78. The Hall–Kier alpha value is -0.825. The van der Waals surface area contributed by atoms with Gasteiger partial charge in [0, 0.05) is 11.1 Å². The molecule has 0 aromatic heterocycles. The van der Waals surface area contributed by atoms with Crippen molar-refractivity contribution in [2.45, 2.75) is 18.7 Å². The Balaban J connectivity index is 0. The molecule has 1 N–H and O–H groups in total. The molecular weight excluding hydrogens is 305 g/mol. The van der Waals surface area contributed by atoms with Crippen molar-refractivity contribution in [1.29, 1.82) is 0 Å². The number of hydrogen-bond donors (Lipinski definition) is 1. The van der Waals surface area contributed by atoms with Crippen molar-refractivity contribution in [2.24, 2.45) is 0 Å². The summed E-state index contributed by atoms with van der Waals surface area (Å²) in [7, 11) is 0. The predicted molar refractivity (Wildman–Crippen MR) is 71.6 cm³/mol. The summed E-state index contributed by atoms with van der Waals surface area (Å²) < 4.78 is 74.1. The van der Waals surface area contributed by atoms with Crippen molar-refractivity contribution >= 4 is 20.2 Å². The first-order valence-electron chi connectivity index (χ1n) is 4.86. The molecule has 0 spiro atoms. The molecule has 1 aromatic rings. The van der Waals surface area contributed by atoms with Crippen molar-refractivity contribution < 1.29 is 31.4 Å². The van der Waals surface area contributed by atoms with Gasteiger partial charge < -0.3 is 5.11 Å². The molecular formula is C11H15BF6OS. The number of rotatable bonds is 2. The van der Waals surface area contributed by atoms with Crippen molar-refractivity contribution in [1.82, 2.24) is 0 Å². The van der Waals surface area contributed by atoms with Gasteiger partial charge in [0.1, 0.15) is 5.82 Å². The highest BCUT2D eigenvalue weighted by Crippen LogP contribution is 2.43. The van der Waals surface area contributed by atoms with Crippen LogP contribution in [0.2, 0.25) is 0 Å². The van der Waals surface area contributed by atoms with Gasteiger partial charge in [-0.05, 0) is 18.6 Å². The lowest BCUT2D eigenvalue weighted by atomic mass is 10.1. The Kier molecular flexibility index (Phi) is 9.08. The number of hydrogen-bond acceptors (Lipinski definition) is 2. The van der Waals surface area contributed by atoms with Gasteiger partial charge in [0.25, 0.3) is 0 Å². The van der Waals surface area contributed by atoms with Crippen molar-refractivity contribution in [3.8, 4) is 0 Å². The van der Waals surface area contributed by atoms with E-state index in [1.54, 1.807) is 11.8 Å². The van der Waals surface area contributed by atoms with Crippen LogP contribution in [0.15, 0.2) is 18.2 Å². The molecule has 20 heavy (non-hydrogen) atoms. The average Bonchev–Trinajstić information content (AvgIpc) is 2.28. The molecule has 1 nitrogen and oxygen atoms in total. The number of aliphatic hydroxyl groups is 1. The molecule has 0 aliphatic rings. The molecule has 0 amide bonds. The van der Waals surface area contributed by atoms with Gasteiger partial charge >= 0.3 is 12.1 Å². The first kappa shape index (κ1) is 21.5. The summed E-state index contributed by atoms with van der Waals surface area (Å²) in [5.41, 5.74) is -1.84. The minimum Gasteiger partial charge on any atom is -0.392 e.